The third-order valence-electron chi connectivity index (χ3n) is 1.27. The molecular formula is C5H13NO. The van der Waals surface area contributed by atoms with Crippen LogP contribution in [-0.2, 0) is 4.74 Å². The summed E-state index contributed by atoms with van der Waals surface area (Å²) in [6, 6.07) is 0.411. The van der Waals surface area contributed by atoms with Crippen LogP contribution in [0.15, 0.2) is 0 Å². The molecule has 1 aliphatic rings. The summed E-state index contributed by atoms with van der Waals surface area (Å²) >= 11 is 0. The lowest BCUT2D eigenvalue weighted by atomic mass is 10.1. The van der Waals surface area contributed by atoms with Gasteiger partial charge in [-0.05, 0) is 12.8 Å². The van der Waals surface area contributed by atoms with E-state index in [1.807, 2.05) is 0 Å². The van der Waals surface area contributed by atoms with Crippen molar-refractivity contribution in [3.8, 4) is 0 Å². The smallest absolute Gasteiger partial charge is 0.0480 e. The van der Waals surface area contributed by atoms with E-state index in [-0.39, 0.29) is 1.43 Å². The Morgan fingerprint density at radius 2 is 2.00 bits per heavy atom. The second-order valence-corrected chi connectivity index (χ2v) is 1.95. The fourth-order valence-electron chi connectivity index (χ4n) is 0.716. The summed E-state index contributed by atoms with van der Waals surface area (Å²) in [5.74, 6) is 0. The third-order valence-corrected chi connectivity index (χ3v) is 1.27. The van der Waals surface area contributed by atoms with E-state index >= 15 is 0 Å². The van der Waals surface area contributed by atoms with Crippen molar-refractivity contribution in [2.75, 3.05) is 13.2 Å². The van der Waals surface area contributed by atoms with Gasteiger partial charge in [-0.3, -0.25) is 0 Å². The van der Waals surface area contributed by atoms with Crippen molar-refractivity contribution in [3.05, 3.63) is 0 Å². The van der Waals surface area contributed by atoms with Crippen LogP contribution in [0.3, 0.4) is 0 Å². The van der Waals surface area contributed by atoms with Crippen LogP contribution in [-0.4, -0.2) is 19.3 Å². The summed E-state index contributed by atoms with van der Waals surface area (Å²) in [4.78, 5) is 0. The van der Waals surface area contributed by atoms with Gasteiger partial charge in [0, 0.05) is 20.7 Å². The first-order chi connectivity index (χ1) is 3.39. The second-order valence-electron chi connectivity index (χ2n) is 1.95. The number of ether oxygens (including phenoxy) is 1. The Morgan fingerprint density at radius 1 is 1.43 bits per heavy atom. The SMILES string of the molecule is NC1CCOCC1.[HH]. The Bertz CT molecular complexity index is 54.4. The van der Waals surface area contributed by atoms with Crippen molar-refractivity contribution in [1.82, 2.24) is 0 Å². The Hall–Kier alpha value is -0.0800. The average molecular weight is 103 g/mol. The summed E-state index contributed by atoms with van der Waals surface area (Å²) in [5, 5.41) is 0. The molecule has 1 rings (SSSR count). The van der Waals surface area contributed by atoms with Crippen LogP contribution in [0.4, 0.5) is 0 Å². The molecule has 0 spiro atoms. The summed E-state index contributed by atoms with van der Waals surface area (Å²) in [6.07, 6.45) is 2.08. The molecule has 1 saturated heterocycles. The molecular weight excluding hydrogens is 90.1 g/mol. The van der Waals surface area contributed by atoms with Crippen molar-refractivity contribution >= 4 is 0 Å². The lowest BCUT2D eigenvalue weighted by Gasteiger charge is -2.16. The first-order valence-corrected chi connectivity index (χ1v) is 2.73. The highest BCUT2D eigenvalue weighted by atomic mass is 16.5. The van der Waals surface area contributed by atoms with Gasteiger partial charge in [0.2, 0.25) is 0 Å². The minimum Gasteiger partial charge on any atom is -0.381 e. The van der Waals surface area contributed by atoms with Gasteiger partial charge in [-0.15, -0.1) is 0 Å². The Morgan fingerprint density at radius 3 is 2.29 bits per heavy atom. The minimum atomic E-state index is 0. The molecule has 44 valence electrons. The van der Waals surface area contributed by atoms with Crippen LogP contribution in [0, 0.1) is 0 Å². The van der Waals surface area contributed by atoms with Gasteiger partial charge in [-0.1, -0.05) is 0 Å². The molecule has 0 atom stereocenters. The van der Waals surface area contributed by atoms with Gasteiger partial charge in [-0.2, -0.15) is 0 Å². The fraction of sp³-hybridized carbons (Fsp3) is 1.00. The first kappa shape index (κ1) is 5.06. The monoisotopic (exact) mass is 103 g/mol. The van der Waals surface area contributed by atoms with Crippen LogP contribution < -0.4 is 5.73 Å². The van der Waals surface area contributed by atoms with E-state index in [9.17, 15) is 0 Å². The standard InChI is InChI=1S/C5H11NO.H2/c6-5-1-3-7-4-2-5;/h5H,1-4,6H2;1H. The Kier molecular flexibility index (Phi) is 1.65. The van der Waals surface area contributed by atoms with Crippen LogP contribution >= 0.6 is 0 Å². The van der Waals surface area contributed by atoms with E-state index in [0.717, 1.165) is 26.1 Å². The Labute approximate surface area is 45.1 Å². The number of nitrogens with two attached hydrogens (primary N) is 1. The molecule has 1 heterocycles. The molecule has 2 nitrogen and oxygen atoms in total. The van der Waals surface area contributed by atoms with Gasteiger partial charge in [0.1, 0.15) is 0 Å². The topological polar surface area (TPSA) is 35.2 Å². The van der Waals surface area contributed by atoms with Crippen LogP contribution in [0.5, 0.6) is 0 Å². The molecule has 0 aromatic heterocycles. The zero-order chi connectivity index (χ0) is 5.11. The summed E-state index contributed by atoms with van der Waals surface area (Å²) in [7, 11) is 0. The molecule has 1 fully saturated rings. The maximum absolute atomic E-state index is 5.55. The number of hydrogen-bond donors (Lipinski definition) is 1. The van der Waals surface area contributed by atoms with Crippen molar-refractivity contribution in [1.29, 1.82) is 0 Å². The predicted molar refractivity (Wildman–Crippen MR) is 30.1 cm³/mol. The predicted octanol–water partition coefficient (Wildman–Crippen LogP) is 0.370. The van der Waals surface area contributed by atoms with Crippen molar-refractivity contribution in [2.45, 2.75) is 18.9 Å². The van der Waals surface area contributed by atoms with Gasteiger partial charge in [0.05, 0.1) is 0 Å². The molecule has 1 aliphatic heterocycles. The maximum atomic E-state index is 5.55. The zero-order valence-electron chi connectivity index (χ0n) is 4.39. The van der Waals surface area contributed by atoms with Gasteiger partial charge >= 0.3 is 0 Å². The van der Waals surface area contributed by atoms with Gasteiger partial charge in [0.15, 0.2) is 0 Å². The molecule has 0 aliphatic carbocycles. The fourth-order valence-corrected chi connectivity index (χ4v) is 0.716. The summed E-state index contributed by atoms with van der Waals surface area (Å²) < 4.78 is 5.06. The van der Waals surface area contributed by atoms with Crippen molar-refractivity contribution in [3.63, 3.8) is 0 Å². The summed E-state index contributed by atoms with van der Waals surface area (Å²) in [5.41, 5.74) is 5.55. The molecule has 2 N–H and O–H groups in total. The highest BCUT2D eigenvalue weighted by molar-refractivity contribution is 4.63. The largest absolute Gasteiger partial charge is 0.381 e. The normalized spacial score (nSPS) is 25.3. The second kappa shape index (κ2) is 2.28. The van der Waals surface area contributed by atoms with Gasteiger partial charge < -0.3 is 10.5 Å². The quantitative estimate of drug-likeness (QED) is 0.480. The zero-order valence-corrected chi connectivity index (χ0v) is 4.39. The molecule has 0 saturated carbocycles. The highest BCUT2D eigenvalue weighted by Crippen LogP contribution is 2.01. The van der Waals surface area contributed by atoms with E-state index in [1.54, 1.807) is 0 Å². The highest BCUT2D eigenvalue weighted by Gasteiger charge is 2.06. The van der Waals surface area contributed by atoms with Crippen LogP contribution in [0.25, 0.3) is 0 Å². The lowest BCUT2D eigenvalue weighted by Crippen LogP contribution is -2.28. The van der Waals surface area contributed by atoms with Crippen LogP contribution in [0.2, 0.25) is 0 Å². The number of hydrogen-bond acceptors (Lipinski definition) is 2. The average Bonchev–Trinajstić information content (AvgIpc) is 1.69. The lowest BCUT2D eigenvalue weighted by molar-refractivity contribution is 0.0866. The minimum absolute atomic E-state index is 0. The molecule has 0 aromatic rings. The molecule has 0 bridgehead atoms. The van der Waals surface area contributed by atoms with E-state index in [0.29, 0.717) is 6.04 Å². The van der Waals surface area contributed by atoms with Gasteiger partial charge in [0.25, 0.3) is 0 Å². The van der Waals surface area contributed by atoms with E-state index in [1.165, 1.54) is 0 Å². The third kappa shape index (κ3) is 1.45. The van der Waals surface area contributed by atoms with Crippen LogP contribution in [0.1, 0.15) is 14.3 Å². The van der Waals surface area contributed by atoms with Gasteiger partial charge in [-0.25, -0.2) is 0 Å². The summed E-state index contributed by atoms with van der Waals surface area (Å²) in [6.45, 7) is 1.72. The van der Waals surface area contributed by atoms with E-state index in [4.69, 9.17) is 10.5 Å². The van der Waals surface area contributed by atoms with Crippen molar-refractivity contribution in [2.24, 2.45) is 5.73 Å². The van der Waals surface area contributed by atoms with Crippen molar-refractivity contribution < 1.29 is 6.16 Å². The molecule has 0 aromatic carbocycles. The Balaban J connectivity index is 0.000000490. The first-order valence-electron chi connectivity index (χ1n) is 2.73. The molecule has 0 radical (unpaired) electrons. The van der Waals surface area contributed by atoms with E-state index < -0.39 is 0 Å². The molecule has 0 unspecified atom stereocenters. The molecule has 2 heteroatoms. The van der Waals surface area contributed by atoms with E-state index in [2.05, 4.69) is 0 Å². The molecule has 0 amide bonds. The maximum Gasteiger partial charge on any atom is 0.0480 e. The molecule has 7 heavy (non-hydrogen) atoms. The number of rotatable bonds is 0.